The maximum absolute atomic E-state index is 13.8. The zero-order valence-electron chi connectivity index (χ0n) is 20.7. The number of aryl methyl sites for hydroxylation is 3. The van der Waals surface area contributed by atoms with Gasteiger partial charge in [0.05, 0.1) is 17.6 Å². The molecule has 0 radical (unpaired) electrons. The number of benzene rings is 2. The number of carbonyl (C=O) groups excluding carboxylic acids is 1. The number of ketones is 1. The number of dihydropyridines is 1. The van der Waals surface area contributed by atoms with E-state index in [1.54, 1.807) is 0 Å². The van der Waals surface area contributed by atoms with Gasteiger partial charge in [0.2, 0.25) is 0 Å². The van der Waals surface area contributed by atoms with Gasteiger partial charge in [0.1, 0.15) is 0 Å². The van der Waals surface area contributed by atoms with Crippen LogP contribution in [0.3, 0.4) is 0 Å². The van der Waals surface area contributed by atoms with Crippen LogP contribution >= 0.6 is 0 Å². The predicted octanol–water partition coefficient (Wildman–Crippen LogP) is 6.70. The normalized spacial score (nSPS) is 20.6. The van der Waals surface area contributed by atoms with Crippen LogP contribution in [0.1, 0.15) is 78.8 Å². The molecule has 0 fully saturated rings. The van der Waals surface area contributed by atoms with Crippen LogP contribution in [0, 0.1) is 38.0 Å². The second-order valence-corrected chi connectivity index (χ2v) is 10.2. The molecule has 1 aliphatic carbocycles. The lowest BCUT2D eigenvalue weighted by Gasteiger charge is -2.37. The molecule has 33 heavy (non-hydrogen) atoms. The minimum absolute atomic E-state index is 0.160. The van der Waals surface area contributed by atoms with E-state index in [0.717, 1.165) is 35.4 Å². The van der Waals surface area contributed by atoms with E-state index in [4.69, 9.17) is 0 Å². The van der Waals surface area contributed by atoms with Gasteiger partial charge >= 0.3 is 0 Å². The summed E-state index contributed by atoms with van der Waals surface area (Å²) in [5, 5.41) is 13.6. The van der Waals surface area contributed by atoms with Crippen molar-refractivity contribution in [3.05, 3.63) is 92.3 Å². The molecule has 1 N–H and O–H groups in total. The minimum Gasteiger partial charge on any atom is -0.361 e. The summed E-state index contributed by atoms with van der Waals surface area (Å²) in [6, 6.07) is 15.2. The Morgan fingerprint density at radius 2 is 1.73 bits per heavy atom. The fraction of sp³-hybridized carbons (Fsp3) is 0.400. The summed E-state index contributed by atoms with van der Waals surface area (Å²) < 4.78 is 0. The van der Waals surface area contributed by atoms with Gasteiger partial charge in [-0.1, -0.05) is 55.8 Å². The number of allylic oxidation sites excluding steroid dienone is 4. The Morgan fingerprint density at radius 3 is 2.36 bits per heavy atom. The van der Waals surface area contributed by atoms with Gasteiger partial charge in [-0.25, -0.2) is 0 Å². The number of hydrogen-bond donors (Lipinski definition) is 1. The highest BCUT2D eigenvalue weighted by Gasteiger charge is 2.40. The second-order valence-electron chi connectivity index (χ2n) is 10.2. The van der Waals surface area contributed by atoms with Crippen LogP contribution in [0.25, 0.3) is 0 Å². The molecule has 0 amide bonds. The molecular weight excluding hydrogens is 404 g/mol. The van der Waals surface area contributed by atoms with Gasteiger partial charge < -0.3 is 5.32 Å². The third-order valence-corrected chi connectivity index (χ3v) is 7.09. The Hall–Kier alpha value is -3.12. The molecule has 0 saturated carbocycles. The Balaban J connectivity index is 1.83. The molecule has 2 aliphatic rings. The topological polar surface area (TPSA) is 52.9 Å². The summed E-state index contributed by atoms with van der Waals surface area (Å²) in [6.07, 6.45) is 2.22. The van der Waals surface area contributed by atoms with Crippen LogP contribution in [0.4, 0.5) is 0 Å². The first-order valence-electron chi connectivity index (χ1n) is 12.0. The number of Topliss-reactive ketones (excluding diaryl/α,β-unsaturated/α-hetero) is 1. The van der Waals surface area contributed by atoms with E-state index >= 15 is 0 Å². The van der Waals surface area contributed by atoms with Crippen LogP contribution in [0.5, 0.6) is 0 Å². The average Bonchev–Trinajstić information content (AvgIpc) is 2.72. The fourth-order valence-electron chi connectivity index (χ4n) is 5.98. The maximum atomic E-state index is 13.8. The summed E-state index contributed by atoms with van der Waals surface area (Å²) in [4.78, 5) is 13.8. The highest BCUT2D eigenvalue weighted by Crippen LogP contribution is 2.47. The molecule has 2 aromatic carbocycles. The molecule has 1 aliphatic heterocycles. The predicted molar refractivity (Wildman–Crippen MR) is 134 cm³/mol. The van der Waals surface area contributed by atoms with Gasteiger partial charge in [-0.3, -0.25) is 4.79 Å². The highest BCUT2D eigenvalue weighted by molar-refractivity contribution is 6.00. The summed E-state index contributed by atoms with van der Waals surface area (Å²) in [5.74, 6) is 0.538. The molecule has 0 saturated heterocycles. The molecule has 3 heteroatoms. The zero-order chi connectivity index (χ0) is 23.9. The van der Waals surface area contributed by atoms with E-state index in [1.165, 1.54) is 27.8 Å². The van der Waals surface area contributed by atoms with Gasteiger partial charge in [0, 0.05) is 23.4 Å². The molecule has 170 valence electrons. The lowest BCUT2D eigenvalue weighted by molar-refractivity contribution is -0.116. The van der Waals surface area contributed by atoms with Crippen LogP contribution in [-0.2, 0) is 11.2 Å². The van der Waals surface area contributed by atoms with Crippen molar-refractivity contribution in [2.45, 2.75) is 72.6 Å². The molecule has 3 nitrogen and oxygen atoms in total. The van der Waals surface area contributed by atoms with Crippen molar-refractivity contribution in [2.24, 2.45) is 5.92 Å². The summed E-state index contributed by atoms with van der Waals surface area (Å²) in [7, 11) is 0. The number of nitriles is 1. The average molecular weight is 439 g/mol. The first-order chi connectivity index (χ1) is 15.7. The summed E-state index contributed by atoms with van der Waals surface area (Å²) in [5.41, 5.74) is 10.7. The molecule has 2 unspecified atom stereocenters. The Kier molecular flexibility index (Phi) is 6.30. The van der Waals surface area contributed by atoms with Crippen molar-refractivity contribution in [3.8, 4) is 6.07 Å². The molecule has 2 atom stereocenters. The summed E-state index contributed by atoms with van der Waals surface area (Å²) >= 11 is 0. The van der Waals surface area contributed by atoms with Crippen molar-refractivity contribution in [1.29, 1.82) is 5.26 Å². The number of nitrogens with one attached hydrogen (secondary N) is 1. The van der Waals surface area contributed by atoms with Gasteiger partial charge in [-0.15, -0.1) is 0 Å². The van der Waals surface area contributed by atoms with E-state index in [-0.39, 0.29) is 17.6 Å². The molecule has 2 aromatic rings. The first kappa shape index (κ1) is 23.1. The number of carbonyl (C=O) groups is 1. The smallest absolute Gasteiger partial charge is 0.162 e. The standard InChI is InChI=1S/C30H34N2O/c1-17(2)11-22-9-7-8-10-24(22)29-25(16-31)21(6)32-26-14-23(15-27(33)30(26)29)28-19(4)12-18(3)13-20(28)5/h7-10,12-13,17,23,29,32H,11,14-15H2,1-6H3. The third-order valence-electron chi connectivity index (χ3n) is 7.09. The van der Waals surface area contributed by atoms with Crippen LogP contribution in [0.2, 0.25) is 0 Å². The van der Waals surface area contributed by atoms with E-state index < -0.39 is 0 Å². The Bertz CT molecular complexity index is 1200. The minimum atomic E-state index is -0.283. The van der Waals surface area contributed by atoms with E-state index in [0.29, 0.717) is 17.9 Å². The molecule has 0 aromatic heterocycles. The van der Waals surface area contributed by atoms with E-state index in [1.807, 2.05) is 13.0 Å². The SMILES string of the molecule is CC1=C(C#N)C(c2ccccc2CC(C)C)C2=C(CC(c3c(C)cc(C)cc3C)CC2=O)N1. The molecule has 0 spiro atoms. The number of rotatable bonds is 4. The van der Waals surface area contributed by atoms with Gasteiger partial charge in [-0.2, -0.15) is 5.26 Å². The molecule has 4 rings (SSSR count). The van der Waals surface area contributed by atoms with Crippen molar-refractivity contribution < 1.29 is 4.79 Å². The molecule has 0 bridgehead atoms. The second kappa shape index (κ2) is 9.02. The first-order valence-corrected chi connectivity index (χ1v) is 12.0. The van der Waals surface area contributed by atoms with Crippen molar-refractivity contribution >= 4 is 5.78 Å². The van der Waals surface area contributed by atoms with Gasteiger partial charge in [0.15, 0.2) is 5.78 Å². The highest BCUT2D eigenvalue weighted by atomic mass is 16.1. The van der Waals surface area contributed by atoms with Crippen molar-refractivity contribution in [1.82, 2.24) is 5.32 Å². The molecular formula is C30H34N2O. The lowest BCUT2D eigenvalue weighted by Crippen LogP contribution is -2.34. The quantitative estimate of drug-likeness (QED) is 0.578. The maximum Gasteiger partial charge on any atom is 0.162 e. The summed E-state index contributed by atoms with van der Waals surface area (Å²) in [6.45, 7) is 12.8. The number of hydrogen-bond acceptors (Lipinski definition) is 3. The van der Waals surface area contributed by atoms with Crippen LogP contribution < -0.4 is 5.32 Å². The largest absolute Gasteiger partial charge is 0.361 e. The van der Waals surface area contributed by atoms with Crippen LogP contribution in [-0.4, -0.2) is 5.78 Å². The number of nitrogens with zero attached hydrogens (tertiary/aromatic N) is 1. The van der Waals surface area contributed by atoms with Crippen molar-refractivity contribution in [3.63, 3.8) is 0 Å². The third kappa shape index (κ3) is 4.27. The fourth-order valence-corrected chi connectivity index (χ4v) is 5.98. The Labute approximate surface area is 198 Å². The molecule has 1 heterocycles. The monoisotopic (exact) mass is 438 g/mol. The lowest BCUT2D eigenvalue weighted by atomic mass is 9.70. The van der Waals surface area contributed by atoms with Gasteiger partial charge in [0.25, 0.3) is 0 Å². The van der Waals surface area contributed by atoms with Gasteiger partial charge in [-0.05, 0) is 80.2 Å². The zero-order valence-corrected chi connectivity index (χ0v) is 20.7. The van der Waals surface area contributed by atoms with E-state index in [2.05, 4.69) is 76.3 Å². The Morgan fingerprint density at radius 1 is 1.06 bits per heavy atom. The van der Waals surface area contributed by atoms with Crippen molar-refractivity contribution in [2.75, 3.05) is 0 Å². The van der Waals surface area contributed by atoms with Crippen LogP contribution in [0.15, 0.2) is 58.9 Å². The van der Waals surface area contributed by atoms with E-state index in [9.17, 15) is 10.1 Å².